The highest BCUT2D eigenvalue weighted by Crippen LogP contribution is 2.21. The predicted octanol–water partition coefficient (Wildman–Crippen LogP) is 1.99. The number of fused-ring (bicyclic) bond motifs is 1. The first-order valence-electron chi connectivity index (χ1n) is 7.00. The lowest BCUT2D eigenvalue weighted by Gasteiger charge is -2.20. The molecule has 21 heavy (non-hydrogen) atoms. The highest BCUT2D eigenvalue weighted by atomic mass is 32.2. The molecule has 2 aromatic rings. The average molecular weight is 308 g/mol. The lowest BCUT2D eigenvalue weighted by Crippen LogP contribution is -2.26. The number of aromatic nitrogens is 1. The van der Waals surface area contributed by atoms with Crippen LogP contribution in [-0.2, 0) is 16.4 Å². The zero-order chi connectivity index (χ0) is 14.9. The molecule has 0 spiro atoms. The Morgan fingerprint density at radius 2 is 2.05 bits per heavy atom. The minimum Gasteiger partial charge on any atom is -0.298 e. The van der Waals surface area contributed by atoms with Crippen LogP contribution >= 0.6 is 0 Å². The Labute approximate surface area is 123 Å². The normalized spacial score (nSPS) is 19.5. The van der Waals surface area contributed by atoms with Gasteiger partial charge in [-0.05, 0) is 36.7 Å². The second-order valence-corrected chi connectivity index (χ2v) is 7.69. The molecule has 0 bridgehead atoms. The van der Waals surface area contributed by atoms with Crippen molar-refractivity contribution in [2.45, 2.75) is 13.0 Å². The molecule has 1 aromatic carbocycles. The zero-order valence-electron chi connectivity index (χ0n) is 11.6. The molecule has 0 radical (unpaired) electrons. The third kappa shape index (κ3) is 3.22. The first-order valence-corrected chi connectivity index (χ1v) is 8.82. The number of rotatable bonds is 2. The third-order valence-corrected chi connectivity index (χ3v) is 5.56. The van der Waals surface area contributed by atoms with Gasteiger partial charge in [0.05, 0.1) is 17.0 Å². The molecule has 1 aromatic heterocycles. The van der Waals surface area contributed by atoms with Crippen molar-refractivity contribution >= 4 is 20.7 Å². The van der Waals surface area contributed by atoms with Gasteiger partial charge in [-0.2, -0.15) is 0 Å². The summed E-state index contributed by atoms with van der Waals surface area (Å²) in [5, 5.41) is 0.512. The van der Waals surface area contributed by atoms with Gasteiger partial charge in [0.25, 0.3) is 0 Å². The highest BCUT2D eigenvalue weighted by Gasteiger charge is 2.20. The van der Waals surface area contributed by atoms with Crippen molar-refractivity contribution in [3.05, 3.63) is 41.8 Å². The number of hydrogen-bond acceptors (Lipinski definition) is 4. The second kappa shape index (κ2) is 5.69. The summed E-state index contributed by atoms with van der Waals surface area (Å²) < 4.78 is 37.1. The van der Waals surface area contributed by atoms with Crippen LogP contribution in [0.2, 0.25) is 0 Å². The number of sulfone groups is 1. The molecule has 1 saturated heterocycles. The predicted molar refractivity (Wildman–Crippen MR) is 80.2 cm³/mol. The maximum absolute atomic E-state index is 13.8. The van der Waals surface area contributed by atoms with Crippen molar-refractivity contribution in [3.8, 4) is 0 Å². The van der Waals surface area contributed by atoms with Crippen molar-refractivity contribution < 1.29 is 12.8 Å². The molecule has 6 heteroatoms. The van der Waals surface area contributed by atoms with Crippen molar-refractivity contribution in [3.63, 3.8) is 0 Å². The monoisotopic (exact) mass is 308 g/mol. The summed E-state index contributed by atoms with van der Waals surface area (Å²) in [7, 11) is -2.91. The highest BCUT2D eigenvalue weighted by molar-refractivity contribution is 7.91. The second-order valence-electron chi connectivity index (χ2n) is 5.39. The molecule has 4 nitrogen and oxygen atoms in total. The van der Waals surface area contributed by atoms with Gasteiger partial charge in [-0.15, -0.1) is 0 Å². The van der Waals surface area contributed by atoms with E-state index in [4.69, 9.17) is 0 Å². The van der Waals surface area contributed by atoms with E-state index in [1.54, 1.807) is 24.4 Å². The summed E-state index contributed by atoms with van der Waals surface area (Å²) in [6.07, 6.45) is 2.30. The van der Waals surface area contributed by atoms with Crippen molar-refractivity contribution in [2.24, 2.45) is 0 Å². The molecule has 112 valence electrons. The van der Waals surface area contributed by atoms with Crippen LogP contribution in [0.3, 0.4) is 0 Å². The van der Waals surface area contributed by atoms with E-state index in [0.717, 1.165) is 12.1 Å². The summed E-state index contributed by atoms with van der Waals surface area (Å²) in [6.45, 7) is 1.86. The Morgan fingerprint density at radius 1 is 1.19 bits per heavy atom. The van der Waals surface area contributed by atoms with Crippen LogP contribution in [-0.4, -0.2) is 42.9 Å². The van der Waals surface area contributed by atoms with Crippen LogP contribution in [0.4, 0.5) is 4.39 Å². The van der Waals surface area contributed by atoms with Gasteiger partial charge in [-0.1, -0.05) is 6.07 Å². The molecule has 0 aliphatic carbocycles. The number of hydrogen-bond donors (Lipinski definition) is 0. The van der Waals surface area contributed by atoms with Gasteiger partial charge in [0.1, 0.15) is 5.82 Å². The maximum Gasteiger partial charge on any atom is 0.151 e. The van der Waals surface area contributed by atoms with Crippen molar-refractivity contribution in [2.75, 3.05) is 24.6 Å². The average Bonchev–Trinajstić information content (AvgIpc) is 2.63. The van der Waals surface area contributed by atoms with E-state index in [1.165, 1.54) is 6.07 Å². The fourth-order valence-corrected chi connectivity index (χ4v) is 4.02. The van der Waals surface area contributed by atoms with Gasteiger partial charge in [0, 0.05) is 24.7 Å². The number of halogens is 1. The van der Waals surface area contributed by atoms with Gasteiger partial charge in [0.2, 0.25) is 0 Å². The van der Waals surface area contributed by atoms with Crippen LogP contribution in [0.15, 0.2) is 30.5 Å². The Kier molecular flexibility index (Phi) is 3.91. The Balaban J connectivity index is 1.87. The maximum atomic E-state index is 13.8. The van der Waals surface area contributed by atoms with Crippen LogP contribution in [0.5, 0.6) is 0 Å². The number of benzene rings is 1. The van der Waals surface area contributed by atoms with Gasteiger partial charge in [-0.25, -0.2) is 12.8 Å². The summed E-state index contributed by atoms with van der Waals surface area (Å²) in [6, 6.07) is 6.62. The van der Waals surface area contributed by atoms with Gasteiger partial charge < -0.3 is 0 Å². The first-order chi connectivity index (χ1) is 10.1. The molecule has 0 atom stereocenters. The smallest absolute Gasteiger partial charge is 0.151 e. The standard InChI is InChI=1S/C15H17FN2O2S/c16-14-5-4-12(15-13(14)3-1-6-17-15)11-18-7-2-9-21(19,20)10-8-18/h1,3-6H,2,7-11H2. The van der Waals surface area contributed by atoms with E-state index in [2.05, 4.69) is 9.88 Å². The summed E-state index contributed by atoms with van der Waals surface area (Å²) in [4.78, 5) is 6.38. The Hall–Kier alpha value is -1.53. The summed E-state index contributed by atoms with van der Waals surface area (Å²) in [5.41, 5.74) is 1.59. The molecule has 1 aliphatic heterocycles. The van der Waals surface area contributed by atoms with Crippen LogP contribution in [0, 0.1) is 5.82 Å². The minimum absolute atomic E-state index is 0.194. The van der Waals surface area contributed by atoms with Crippen molar-refractivity contribution in [1.29, 1.82) is 0 Å². The SMILES string of the molecule is O=S1(=O)CCCN(Cc2ccc(F)c3cccnc23)CC1. The summed E-state index contributed by atoms with van der Waals surface area (Å²) in [5.74, 6) is 0.172. The van der Waals surface area contributed by atoms with E-state index < -0.39 is 9.84 Å². The Bertz CT molecular complexity index is 761. The molecule has 2 heterocycles. The molecule has 0 amide bonds. The molecule has 1 aliphatic rings. The van der Waals surface area contributed by atoms with Gasteiger partial charge in [0.15, 0.2) is 9.84 Å². The zero-order valence-corrected chi connectivity index (χ0v) is 12.4. The molecular weight excluding hydrogens is 291 g/mol. The fraction of sp³-hybridized carbons (Fsp3) is 0.400. The quantitative estimate of drug-likeness (QED) is 0.851. The molecular formula is C15H17FN2O2S. The van der Waals surface area contributed by atoms with E-state index in [1.807, 2.05) is 0 Å². The molecule has 1 fully saturated rings. The van der Waals surface area contributed by atoms with E-state index in [-0.39, 0.29) is 17.3 Å². The van der Waals surface area contributed by atoms with Crippen LogP contribution < -0.4 is 0 Å². The van der Waals surface area contributed by atoms with Gasteiger partial charge in [-0.3, -0.25) is 9.88 Å². The van der Waals surface area contributed by atoms with Crippen LogP contribution in [0.25, 0.3) is 10.9 Å². The molecule has 0 saturated carbocycles. The fourth-order valence-electron chi connectivity index (χ4n) is 2.71. The first kappa shape index (κ1) is 14.4. The van der Waals surface area contributed by atoms with E-state index in [0.29, 0.717) is 30.4 Å². The Morgan fingerprint density at radius 3 is 2.90 bits per heavy atom. The van der Waals surface area contributed by atoms with E-state index in [9.17, 15) is 12.8 Å². The van der Waals surface area contributed by atoms with Crippen LogP contribution in [0.1, 0.15) is 12.0 Å². The van der Waals surface area contributed by atoms with E-state index >= 15 is 0 Å². The molecule has 0 N–H and O–H groups in total. The third-order valence-electron chi connectivity index (χ3n) is 3.84. The topological polar surface area (TPSA) is 50.3 Å². The van der Waals surface area contributed by atoms with Gasteiger partial charge >= 0.3 is 0 Å². The lowest BCUT2D eigenvalue weighted by molar-refractivity contribution is 0.288. The summed E-state index contributed by atoms with van der Waals surface area (Å²) >= 11 is 0. The molecule has 0 unspecified atom stereocenters. The van der Waals surface area contributed by atoms with Crippen molar-refractivity contribution in [1.82, 2.24) is 9.88 Å². The largest absolute Gasteiger partial charge is 0.298 e. The molecule has 3 rings (SSSR count). The minimum atomic E-state index is -2.91. The number of nitrogens with zero attached hydrogens (tertiary/aromatic N) is 2. The lowest BCUT2D eigenvalue weighted by atomic mass is 10.1. The number of pyridine rings is 1.